The molecule has 2 amide bonds. The van der Waals surface area contributed by atoms with Gasteiger partial charge in [0.05, 0.1) is 21.3 Å². The molecule has 124 valence electrons. The molecule has 0 aromatic heterocycles. The molecule has 0 bridgehead atoms. The van der Waals surface area contributed by atoms with E-state index in [0.717, 1.165) is 5.56 Å². The van der Waals surface area contributed by atoms with Crippen molar-refractivity contribution in [1.82, 2.24) is 10.6 Å². The molecule has 0 spiro atoms. The van der Waals surface area contributed by atoms with Crippen molar-refractivity contribution in [3.05, 3.63) is 17.7 Å². The zero-order valence-corrected chi connectivity index (χ0v) is 14.0. The molecule has 0 aliphatic heterocycles. The van der Waals surface area contributed by atoms with Crippen LogP contribution in [-0.2, 0) is 6.42 Å². The van der Waals surface area contributed by atoms with E-state index in [-0.39, 0.29) is 6.03 Å². The maximum absolute atomic E-state index is 11.6. The molecule has 0 fully saturated rings. The third-order valence-electron chi connectivity index (χ3n) is 3.09. The Kier molecular flexibility index (Phi) is 7.36. The molecule has 0 unspecified atom stereocenters. The second-order valence-electron chi connectivity index (χ2n) is 5.31. The Morgan fingerprint density at radius 3 is 2.09 bits per heavy atom. The number of nitrogens with one attached hydrogen (secondary N) is 2. The first-order valence-corrected chi connectivity index (χ1v) is 7.32. The number of carbonyl (C=O) groups excluding carboxylic acids is 1. The number of methoxy groups -OCH3 is 3. The van der Waals surface area contributed by atoms with E-state index >= 15 is 0 Å². The number of hydrogen-bond acceptors (Lipinski definition) is 4. The average Bonchev–Trinajstić information content (AvgIpc) is 2.51. The van der Waals surface area contributed by atoms with Crippen molar-refractivity contribution in [1.29, 1.82) is 0 Å². The predicted molar refractivity (Wildman–Crippen MR) is 86.0 cm³/mol. The van der Waals surface area contributed by atoms with Gasteiger partial charge in [0.1, 0.15) is 0 Å². The summed E-state index contributed by atoms with van der Waals surface area (Å²) in [7, 11) is 4.73. The number of hydrogen-bond donors (Lipinski definition) is 2. The van der Waals surface area contributed by atoms with E-state index in [1.54, 1.807) is 21.3 Å². The van der Waals surface area contributed by atoms with Crippen LogP contribution in [0.4, 0.5) is 4.79 Å². The van der Waals surface area contributed by atoms with Crippen LogP contribution in [0.2, 0.25) is 0 Å². The Bertz CT molecular complexity index is 464. The van der Waals surface area contributed by atoms with Gasteiger partial charge in [0.25, 0.3) is 0 Å². The third kappa shape index (κ3) is 5.35. The van der Waals surface area contributed by atoms with Crippen LogP contribution in [0.5, 0.6) is 17.2 Å². The van der Waals surface area contributed by atoms with E-state index in [4.69, 9.17) is 14.2 Å². The quantitative estimate of drug-likeness (QED) is 0.772. The van der Waals surface area contributed by atoms with Crippen LogP contribution in [0, 0.1) is 5.92 Å². The first-order chi connectivity index (χ1) is 10.5. The van der Waals surface area contributed by atoms with E-state index in [9.17, 15) is 4.79 Å². The zero-order chi connectivity index (χ0) is 16.5. The minimum Gasteiger partial charge on any atom is -0.493 e. The lowest BCUT2D eigenvalue weighted by Gasteiger charge is -2.14. The molecule has 0 atom stereocenters. The summed E-state index contributed by atoms with van der Waals surface area (Å²) in [6.45, 7) is 5.30. The number of ether oxygens (including phenoxy) is 3. The molecule has 0 aliphatic rings. The van der Waals surface area contributed by atoms with Gasteiger partial charge in [-0.15, -0.1) is 0 Å². The molecule has 22 heavy (non-hydrogen) atoms. The van der Waals surface area contributed by atoms with Crippen molar-refractivity contribution < 1.29 is 19.0 Å². The van der Waals surface area contributed by atoms with Crippen LogP contribution in [0.15, 0.2) is 12.1 Å². The zero-order valence-electron chi connectivity index (χ0n) is 14.0. The van der Waals surface area contributed by atoms with Crippen LogP contribution in [0.3, 0.4) is 0 Å². The van der Waals surface area contributed by atoms with Crippen LogP contribution >= 0.6 is 0 Å². The van der Waals surface area contributed by atoms with Gasteiger partial charge in [-0.1, -0.05) is 13.8 Å². The first-order valence-electron chi connectivity index (χ1n) is 7.32. The van der Waals surface area contributed by atoms with Crippen molar-refractivity contribution in [2.24, 2.45) is 5.92 Å². The highest BCUT2D eigenvalue weighted by atomic mass is 16.5. The Morgan fingerprint density at radius 2 is 1.64 bits per heavy atom. The maximum Gasteiger partial charge on any atom is 0.314 e. The number of carbonyl (C=O) groups is 1. The molecule has 1 rings (SSSR count). The van der Waals surface area contributed by atoms with Crippen molar-refractivity contribution in [3.8, 4) is 17.2 Å². The van der Waals surface area contributed by atoms with Crippen LogP contribution in [0.25, 0.3) is 0 Å². The number of benzene rings is 1. The van der Waals surface area contributed by atoms with E-state index in [2.05, 4.69) is 24.5 Å². The minimum atomic E-state index is -0.152. The topological polar surface area (TPSA) is 68.8 Å². The van der Waals surface area contributed by atoms with Gasteiger partial charge in [-0.05, 0) is 30.0 Å². The van der Waals surface area contributed by atoms with Crippen LogP contribution in [-0.4, -0.2) is 40.5 Å². The summed E-state index contributed by atoms with van der Waals surface area (Å²) in [6, 6.07) is 3.62. The highest BCUT2D eigenvalue weighted by Gasteiger charge is 2.13. The van der Waals surface area contributed by atoms with Crippen molar-refractivity contribution in [2.75, 3.05) is 34.4 Å². The van der Waals surface area contributed by atoms with Gasteiger partial charge < -0.3 is 24.8 Å². The Labute approximate surface area is 132 Å². The monoisotopic (exact) mass is 310 g/mol. The van der Waals surface area contributed by atoms with E-state index < -0.39 is 0 Å². The van der Waals surface area contributed by atoms with Gasteiger partial charge in [-0.25, -0.2) is 4.79 Å². The lowest BCUT2D eigenvalue weighted by atomic mass is 10.1. The van der Waals surface area contributed by atoms with Gasteiger partial charge in [0, 0.05) is 13.1 Å². The molecule has 0 radical (unpaired) electrons. The van der Waals surface area contributed by atoms with Crippen LogP contribution < -0.4 is 24.8 Å². The molecule has 2 N–H and O–H groups in total. The molecular formula is C16H26N2O4. The fourth-order valence-electron chi connectivity index (χ4n) is 1.96. The summed E-state index contributed by atoms with van der Waals surface area (Å²) < 4.78 is 15.9. The Hall–Kier alpha value is -2.11. The van der Waals surface area contributed by atoms with Gasteiger partial charge in [0.15, 0.2) is 11.5 Å². The number of urea groups is 1. The normalized spacial score (nSPS) is 10.3. The molecule has 0 aliphatic carbocycles. The molecule has 0 saturated heterocycles. The first kappa shape index (κ1) is 17.9. The summed E-state index contributed by atoms with van der Waals surface area (Å²) in [5.74, 6) is 2.22. The summed E-state index contributed by atoms with van der Waals surface area (Å²) >= 11 is 0. The Morgan fingerprint density at radius 1 is 1.05 bits per heavy atom. The lowest BCUT2D eigenvalue weighted by molar-refractivity contribution is 0.239. The molecule has 0 saturated carbocycles. The second kappa shape index (κ2) is 9.02. The van der Waals surface area contributed by atoms with E-state index in [0.29, 0.717) is 42.7 Å². The highest BCUT2D eigenvalue weighted by molar-refractivity contribution is 5.73. The summed E-state index contributed by atoms with van der Waals surface area (Å²) in [5.41, 5.74) is 0.999. The fraction of sp³-hybridized carbons (Fsp3) is 0.562. The largest absolute Gasteiger partial charge is 0.493 e. The molecular weight excluding hydrogens is 284 g/mol. The predicted octanol–water partition coefficient (Wildman–Crippen LogP) is 2.21. The average molecular weight is 310 g/mol. The summed E-state index contributed by atoms with van der Waals surface area (Å²) in [6.07, 6.45) is 0.672. The van der Waals surface area contributed by atoms with Gasteiger partial charge in [0.2, 0.25) is 5.75 Å². The number of amides is 2. The third-order valence-corrected chi connectivity index (χ3v) is 3.09. The Balaban J connectivity index is 2.61. The maximum atomic E-state index is 11.6. The minimum absolute atomic E-state index is 0.152. The summed E-state index contributed by atoms with van der Waals surface area (Å²) in [4.78, 5) is 11.6. The standard InChI is InChI=1S/C16H26N2O4/c1-11(2)10-18-16(19)17-7-6-12-8-13(20-3)15(22-5)14(9-12)21-4/h8-9,11H,6-7,10H2,1-5H3,(H2,17,18,19). The van der Waals surface area contributed by atoms with E-state index in [1.165, 1.54) is 0 Å². The van der Waals surface area contributed by atoms with Gasteiger partial charge >= 0.3 is 6.03 Å². The smallest absolute Gasteiger partial charge is 0.314 e. The molecule has 1 aromatic rings. The molecule has 0 heterocycles. The van der Waals surface area contributed by atoms with Crippen molar-refractivity contribution >= 4 is 6.03 Å². The molecule has 1 aromatic carbocycles. The number of rotatable bonds is 8. The fourth-order valence-corrected chi connectivity index (χ4v) is 1.96. The summed E-state index contributed by atoms with van der Waals surface area (Å²) in [5, 5.41) is 5.64. The molecule has 6 heteroatoms. The van der Waals surface area contributed by atoms with Crippen molar-refractivity contribution in [2.45, 2.75) is 20.3 Å². The molecule has 6 nitrogen and oxygen atoms in total. The van der Waals surface area contributed by atoms with Gasteiger partial charge in [-0.3, -0.25) is 0 Å². The highest BCUT2D eigenvalue weighted by Crippen LogP contribution is 2.38. The SMILES string of the molecule is COc1cc(CCNC(=O)NCC(C)C)cc(OC)c1OC. The van der Waals surface area contributed by atoms with E-state index in [1.807, 2.05) is 12.1 Å². The lowest BCUT2D eigenvalue weighted by Crippen LogP contribution is -2.38. The van der Waals surface area contributed by atoms with Gasteiger partial charge in [-0.2, -0.15) is 0 Å². The second-order valence-corrected chi connectivity index (χ2v) is 5.31. The van der Waals surface area contributed by atoms with Crippen LogP contribution in [0.1, 0.15) is 19.4 Å². The van der Waals surface area contributed by atoms with Crippen molar-refractivity contribution in [3.63, 3.8) is 0 Å².